The molecule has 1 fully saturated rings. The molecule has 1 rings (SSSR count). The maximum Gasteiger partial charge on any atom is 0.328 e. The van der Waals surface area contributed by atoms with E-state index in [1.165, 1.54) is 6.92 Å². The first kappa shape index (κ1) is 14.7. The molecule has 18 heavy (non-hydrogen) atoms. The van der Waals surface area contributed by atoms with Crippen molar-refractivity contribution in [3.05, 3.63) is 0 Å². The summed E-state index contributed by atoms with van der Waals surface area (Å²) >= 11 is 0. The number of carbonyl (C=O) groups excluding carboxylic acids is 1. The number of hydrogen-bond donors (Lipinski definition) is 4. The highest BCUT2D eigenvalue weighted by Crippen LogP contribution is 2.13. The monoisotopic (exact) mass is 260 g/mol. The first-order valence-electron chi connectivity index (χ1n) is 5.97. The molecule has 4 N–H and O–H groups in total. The highest BCUT2D eigenvalue weighted by molar-refractivity contribution is 5.83. The second-order valence-corrected chi connectivity index (χ2v) is 4.62. The van der Waals surface area contributed by atoms with E-state index in [0.29, 0.717) is 19.6 Å². The number of aliphatic hydroxyl groups is 1. The van der Waals surface area contributed by atoms with E-state index >= 15 is 0 Å². The number of nitrogens with one attached hydrogen (secondary N) is 2. The molecule has 0 aliphatic carbocycles. The number of hydrogen-bond acceptors (Lipinski definition) is 4. The van der Waals surface area contributed by atoms with Crippen LogP contribution in [0, 0.1) is 5.92 Å². The molecule has 0 aromatic rings. The van der Waals surface area contributed by atoms with Gasteiger partial charge < -0.3 is 25.6 Å². The summed E-state index contributed by atoms with van der Waals surface area (Å²) < 4.78 is 5.25. The predicted molar refractivity (Wildman–Crippen MR) is 63.2 cm³/mol. The zero-order valence-electron chi connectivity index (χ0n) is 10.5. The fraction of sp³-hybridized carbons (Fsp3) is 0.818. The standard InChI is InChI=1S/C11H20N2O5/c1-6-5-18-4-3-8(6)12-11(17)13-9(7(2)14)10(15)16/h6-9,14H,3-5H2,1-2H3,(H,15,16)(H2,12,13,17). The lowest BCUT2D eigenvalue weighted by Crippen LogP contribution is -2.55. The summed E-state index contributed by atoms with van der Waals surface area (Å²) in [5.74, 6) is -1.08. The zero-order valence-corrected chi connectivity index (χ0v) is 10.5. The molecule has 0 radical (unpaired) electrons. The molecule has 0 aromatic heterocycles. The molecule has 7 heteroatoms. The van der Waals surface area contributed by atoms with Crippen LogP contribution in [0.2, 0.25) is 0 Å². The summed E-state index contributed by atoms with van der Waals surface area (Å²) in [6, 6.07) is -1.93. The molecular formula is C11H20N2O5. The topological polar surface area (TPSA) is 108 Å². The average Bonchev–Trinajstić information content (AvgIpc) is 2.28. The van der Waals surface area contributed by atoms with Gasteiger partial charge in [0, 0.05) is 12.6 Å². The van der Waals surface area contributed by atoms with Crippen LogP contribution in [0.3, 0.4) is 0 Å². The van der Waals surface area contributed by atoms with Crippen LogP contribution in [0.15, 0.2) is 0 Å². The van der Waals surface area contributed by atoms with Crippen LogP contribution < -0.4 is 10.6 Å². The lowest BCUT2D eigenvalue weighted by atomic mass is 9.98. The van der Waals surface area contributed by atoms with Crippen molar-refractivity contribution in [2.24, 2.45) is 5.92 Å². The molecule has 0 saturated carbocycles. The van der Waals surface area contributed by atoms with E-state index in [-0.39, 0.29) is 12.0 Å². The van der Waals surface area contributed by atoms with E-state index in [1.807, 2.05) is 6.92 Å². The molecule has 1 heterocycles. The summed E-state index contributed by atoms with van der Waals surface area (Å²) in [5.41, 5.74) is 0. The van der Waals surface area contributed by atoms with Crippen LogP contribution in [-0.2, 0) is 9.53 Å². The highest BCUT2D eigenvalue weighted by Gasteiger charge is 2.28. The number of carbonyl (C=O) groups is 2. The van der Waals surface area contributed by atoms with Gasteiger partial charge >= 0.3 is 12.0 Å². The Morgan fingerprint density at radius 1 is 1.44 bits per heavy atom. The SMILES string of the molecule is CC(O)C(NC(=O)NC1CCOCC1C)C(=O)O. The number of rotatable bonds is 4. The number of ether oxygens (including phenoxy) is 1. The van der Waals surface area contributed by atoms with E-state index < -0.39 is 24.1 Å². The van der Waals surface area contributed by atoms with Crippen LogP contribution >= 0.6 is 0 Å². The van der Waals surface area contributed by atoms with Gasteiger partial charge in [-0.2, -0.15) is 0 Å². The Kier molecular flexibility index (Phi) is 5.36. The fourth-order valence-electron chi connectivity index (χ4n) is 1.83. The number of carboxylic acids is 1. The fourth-order valence-corrected chi connectivity index (χ4v) is 1.83. The summed E-state index contributed by atoms with van der Waals surface area (Å²) in [4.78, 5) is 22.4. The Morgan fingerprint density at radius 3 is 2.61 bits per heavy atom. The highest BCUT2D eigenvalue weighted by atomic mass is 16.5. The molecule has 2 amide bonds. The number of aliphatic hydroxyl groups excluding tert-OH is 1. The molecule has 1 aliphatic heterocycles. The van der Waals surface area contributed by atoms with Crippen molar-refractivity contribution >= 4 is 12.0 Å². The zero-order chi connectivity index (χ0) is 13.7. The van der Waals surface area contributed by atoms with Crippen molar-refractivity contribution in [3.63, 3.8) is 0 Å². The lowest BCUT2D eigenvalue weighted by molar-refractivity contribution is -0.141. The van der Waals surface area contributed by atoms with Gasteiger partial charge in [0.1, 0.15) is 0 Å². The molecule has 0 aromatic carbocycles. The van der Waals surface area contributed by atoms with Crippen molar-refractivity contribution in [1.29, 1.82) is 0 Å². The van der Waals surface area contributed by atoms with Gasteiger partial charge in [-0.05, 0) is 19.3 Å². The third-order valence-corrected chi connectivity index (χ3v) is 2.99. The van der Waals surface area contributed by atoms with Crippen LogP contribution in [0.5, 0.6) is 0 Å². The second kappa shape index (κ2) is 6.55. The Balaban J connectivity index is 2.47. The van der Waals surface area contributed by atoms with Gasteiger partial charge in [-0.15, -0.1) is 0 Å². The van der Waals surface area contributed by atoms with E-state index in [4.69, 9.17) is 9.84 Å². The molecule has 1 aliphatic rings. The Morgan fingerprint density at radius 2 is 2.11 bits per heavy atom. The first-order chi connectivity index (χ1) is 8.41. The number of carboxylic acid groups (broad SMARTS) is 1. The van der Waals surface area contributed by atoms with Crippen LogP contribution in [0.4, 0.5) is 4.79 Å². The Labute approximate surface area is 106 Å². The molecule has 4 unspecified atom stereocenters. The van der Waals surface area contributed by atoms with Crippen molar-refractivity contribution < 1.29 is 24.5 Å². The van der Waals surface area contributed by atoms with E-state index in [1.54, 1.807) is 0 Å². The minimum absolute atomic E-state index is 0.0396. The van der Waals surface area contributed by atoms with Gasteiger partial charge in [-0.25, -0.2) is 9.59 Å². The van der Waals surface area contributed by atoms with Gasteiger partial charge in [0.25, 0.3) is 0 Å². The third-order valence-electron chi connectivity index (χ3n) is 2.99. The van der Waals surface area contributed by atoms with Crippen LogP contribution in [0.25, 0.3) is 0 Å². The maximum atomic E-state index is 11.6. The quantitative estimate of drug-likeness (QED) is 0.547. The largest absolute Gasteiger partial charge is 0.480 e. The Hall–Kier alpha value is -1.34. The first-order valence-corrected chi connectivity index (χ1v) is 5.97. The molecule has 1 saturated heterocycles. The normalized spacial score (nSPS) is 27.1. The van der Waals surface area contributed by atoms with Crippen molar-refractivity contribution in [2.75, 3.05) is 13.2 Å². The average molecular weight is 260 g/mol. The van der Waals surface area contributed by atoms with E-state index in [0.717, 1.165) is 0 Å². The summed E-state index contributed by atoms with van der Waals surface area (Å²) in [6.45, 7) is 4.42. The third kappa shape index (κ3) is 4.15. The van der Waals surface area contributed by atoms with Gasteiger partial charge in [0.15, 0.2) is 6.04 Å². The number of urea groups is 1. The molecule has 104 valence electrons. The van der Waals surface area contributed by atoms with Gasteiger partial charge in [0.2, 0.25) is 0 Å². The minimum atomic E-state index is -1.31. The predicted octanol–water partition coefficient (Wildman–Crippen LogP) is -0.455. The number of amides is 2. The smallest absolute Gasteiger partial charge is 0.328 e. The summed E-state index contributed by atoms with van der Waals surface area (Å²) in [5, 5.41) is 23.0. The molecule has 0 bridgehead atoms. The van der Waals surface area contributed by atoms with Gasteiger partial charge in [-0.3, -0.25) is 0 Å². The van der Waals surface area contributed by atoms with E-state index in [2.05, 4.69) is 10.6 Å². The molecular weight excluding hydrogens is 240 g/mol. The Bertz CT molecular complexity index is 308. The second-order valence-electron chi connectivity index (χ2n) is 4.62. The molecule has 7 nitrogen and oxygen atoms in total. The van der Waals surface area contributed by atoms with Gasteiger partial charge in [-0.1, -0.05) is 6.92 Å². The van der Waals surface area contributed by atoms with Crippen molar-refractivity contribution in [2.45, 2.75) is 38.5 Å². The van der Waals surface area contributed by atoms with Crippen LogP contribution in [-0.4, -0.2) is 53.6 Å². The lowest BCUT2D eigenvalue weighted by Gasteiger charge is -2.30. The van der Waals surface area contributed by atoms with E-state index in [9.17, 15) is 14.7 Å². The van der Waals surface area contributed by atoms with Gasteiger partial charge in [0.05, 0.1) is 12.7 Å². The van der Waals surface area contributed by atoms with Crippen LogP contribution in [0.1, 0.15) is 20.3 Å². The number of aliphatic carboxylic acids is 1. The van der Waals surface area contributed by atoms with Crippen molar-refractivity contribution in [1.82, 2.24) is 10.6 Å². The molecule has 4 atom stereocenters. The van der Waals surface area contributed by atoms with Crippen molar-refractivity contribution in [3.8, 4) is 0 Å². The maximum absolute atomic E-state index is 11.6. The summed E-state index contributed by atoms with van der Waals surface area (Å²) in [7, 11) is 0. The molecule has 0 spiro atoms. The minimum Gasteiger partial charge on any atom is -0.480 e. The summed E-state index contributed by atoms with van der Waals surface area (Å²) in [6.07, 6.45) is -0.457.